The Bertz CT molecular complexity index is 724. The Kier molecular flexibility index (Phi) is 7.14. The van der Waals surface area contributed by atoms with Crippen molar-refractivity contribution in [3.8, 4) is 0 Å². The second-order valence-electron chi connectivity index (χ2n) is 6.60. The van der Waals surface area contributed by atoms with Crippen LogP contribution in [0.1, 0.15) is 44.0 Å². The molecule has 0 saturated carbocycles. The van der Waals surface area contributed by atoms with Crippen LogP contribution in [0.4, 0.5) is 0 Å². The van der Waals surface area contributed by atoms with E-state index in [1.165, 1.54) is 28.0 Å². The Labute approximate surface area is 155 Å². The maximum atomic E-state index is 12.4. The first-order valence-electron chi connectivity index (χ1n) is 8.90. The number of thiazole rings is 1. The number of amides is 1. The molecule has 4 nitrogen and oxygen atoms in total. The minimum atomic E-state index is -0.00232. The van der Waals surface area contributed by atoms with Gasteiger partial charge in [0.15, 0.2) is 0 Å². The molecule has 0 fully saturated rings. The van der Waals surface area contributed by atoms with Crippen molar-refractivity contribution in [1.82, 2.24) is 15.2 Å². The molecular formula is C20H29N3OS. The van der Waals surface area contributed by atoms with Gasteiger partial charge in [0.1, 0.15) is 4.88 Å². The standard InChI is InChI=1S/C20H29N3OS/c1-6-23(5)12-11-21-20(24)19-16(4)22-18(25-19)10-9-17-13-14(2)7-8-15(17)3/h7-8,13H,6,9-12H2,1-5H3,(H,21,24). The minimum Gasteiger partial charge on any atom is -0.350 e. The summed E-state index contributed by atoms with van der Waals surface area (Å²) in [6, 6.07) is 6.56. The van der Waals surface area contributed by atoms with Gasteiger partial charge in [0.05, 0.1) is 10.7 Å². The van der Waals surface area contributed by atoms with Crippen LogP contribution in [0.15, 0.2) is 18.2 Å². The van der Waals surface area contributed by atoms with E-state index in [1.54, 1.807) is 0 Å². The van der Waals surface area contributed by atoms with Gasteiger partial charge in [-0.3, -0.25) is 4.79 Å². The Hall–Kier alpha value is -1.72. The van der Waals surface area contributed by atoms with E-state index >= 15 is 0 Å². The number of carbonyl (C=O) groups is 1. The first-order valence-corrected chi connectivity index (χ1v) is 9.71. The third kappa shape index (κ3) is 5.65. The summed E-state index contributed by atoms with van der Waals surface area (Å²) in [7, 11) is 2.05. The lowest BCUT2D eigenvalue weighted by Crippen LogP contribution is -2.32. The lowest BCUT2D eigenvalue weighted by molar-refractivity contribution is 0.0953. The third-order valence-electron chi connectivity index (χ3n) is 4.48. The van der Waals surface area contributed by atoms with E-state index in [2.05, 4.69) is 61.2 Å². The van der Waals surface area contributed by atoms with Crippen molar-refractivity contribution >= 4 is 17.2 Å². The molecule has 2 rings (SSSR count). The number of hydrogen-bond donors (Lipinski definition) is 1. The molecule has 2 aromatic rings. The van der Waals surface area contributed by atoms with Crippen LogP contribution in [0.2, 0.25) is 0 Å². The molecule has 0 spiro atoms. The van der Waals surface area contributed by atoms with E-state index in [4.69, 9.17) is 0 Å². The number of benzene rings is 1. The lowest BCUT2D eigenvalue weighted by Gasteiger charge is -2.13. The van der Waals surface area contributed by atoms with Crippen molar-refractivity contribution in [3.05, 3.63) is 50.5 Å². The number of carbonyl (C=O) groups excluding carboxylic acids is 1. The summed E-state index contributed by atoms with van der Waals surface area (Å²) in [6.45, 7) is 10.8. The van der Waals surface area contributed by atoms with Crippen LogP contribution in [-0.4, -0.2) is 42.5 Å². The van der Waals surface area contributed by atoms with Crippen LogP contribution in [0.3, 0.4) is 0 Å². The molecule has 0 saturated heterocycles. The maximum Gasteiger partial charge on any atom is 0.263 e. The summed E-state index contributed by atoms with van der Waals surface area (Å²) in [5.74, 6) is -0.00232. The van der Waals surface area contributed by atoms with Gasteiger partial charge in [-0.05, 0) is 51.9 Å². The van der Waals surface area contributed by atoms with Crippen LogP contribution in [0.5, 0.6) is 0 Å². The average molecular weight is 360 g/mol. The van der Waals surface area contributed by atoms with Gasteiger partial charge in [-0.25, -0.2) is 4.98 Å². The van der Waals surface area contributed by atoms with Gasteiger partial charge in [-0.2, -0.15) is 0 Å². The van der Waals surface area contributed by atoms with Crippen molar-refractivity contribution in [2.24, 2.45) is 0 Å². The zero-order valence-corrected chi connectivity index (χ0v) is 16.8. The molecular weight excluding hydrogens is 330 g/mol. The van der Waals surface area contributed by atoms with E-state index in [-0.39, 0.29) is 5.91 Å². The van der Waals surface area contributed by atoms with E-state index in [1.807, 2.05) is 6.92 Å². The highest BCUT2D eigenvalue weighted by Gasteiger charge is 2.15. The van der Waals surface area contributed by atoms with Gasteiger partial charge >= 0.3 is 0 Å². The molecule has 0 aliphatic carbocycles. The molecule has 136 valence electrons. The Morgan fingerprint density at radius 1 is 1.24 bits per heavy atom. The number of hydrogen-bond acceptors (Lipinski definition) is 4. The summed E-state index contributed by atoms with van der Waals surface area (Å²) in [5, 5.41) is 4.03. The smallest absolute Gasteiger partial charge is 0.263 e. The number of nitrogens with one attached hydrogen (secondary N) is 1. The van der Waals surface area contributed by atoms with Gasteiger partial charge in [0, 0.05) is 19.5 Å². The summed E-state index contributed by atoms with van der Waals surface area (Å²) >= 11 is 1.52. The summed E-state index contributed by atoms with van der Waals surface area (Å²) in [4.78, 5) is 19.9. The van der Waals surface area contributed by atoms with Crippen LogP contribution in [0, 0.1) is 20.8 Å². The fraction of sp³-hybridized carbons (Fsp3) is 0.500. The topological polar surface area (TPSA) is 45.2 Å². The van der Waals surface area contributed by atoms with Crippen molar-refractivity contribution in [1.29, 1.82) is 0 Å². The monoisotopic (exact) mass is 359 g/mol. The molecule has 0 atom stereocenters. The molecule has 1 amide bonds. The van der Waals surface area contributed by atoms with Crippen molar-refractivity contribution in [3.63, 3.8) is 0 Å². The second-order valence-corrected chi connectivity index (χ2v) is 7.69. The van der Waals surface area contributed by atoms with E-state index in [0.29, 0.717) is 6.54 Å². The van der Waals surface area contributed by atoms with Crippen LogP contribution in [-0.2, 0) is 12.8 Å². The fourth-order valence-corrected chi connectivity index (χ4v) is 3.66. The average Bonchev–Trinajstić information content (AvgIpc) is 2.96. The zero-order valence-electron chi connectivity index (χ0n) is 16.0. The fourth-order valence-electron chi connectivity index (χ4n) is 2.68. The first kappa shape index (κ1) is 19.6. The van der Waals surface area contributed by atoms with Gasteiger partial charge in [-0.15, -0.1) is 11.3 Å². The van der Waals surface area contributed by atoms with Gasteiger partial charge in [0.25, 0.3) is 5.91 Å². The largest absolute Gasteiger partial charge is 0.350 e. The predicted molar refractivity (Wildman–Crippen MR) is 106 cm³/mol. The molecule has 0 aliphatic rings. The molecule has 1 heterocycles. The SMILES string of the molecule is CCN(C)CCNC(=O)c1sc(CCc2cc(C)ccc2C)nc1C. The first-order chi connectivity index (χ1) is 11.9. The maximum absolute atomic E-state index is 12.4. The molecule has 1 aromatic heterocycles. The van der Waals surface area contributed by atoms with E-state index in [0.717, 1.165) is 41.5 Å². The number of likely N-dealkylation sites (N-methyl/N-ethyl adjacent to an activating group) is 1. The van der Waals surface area contributed by atoms with Crippen molar-refractivity contribution in [2.75, 3.05) is 26.7 Å². The molecule has 1 aromatic carbocycles. The summed E-state index contributed by atoms with van der Waals surface area (Å²) < 4.78 is 0. The zero-order chi connectivity index (χ0) is 18.4. The molecule has 0 aliphatic heterocycles. The number of rotatable bonds is 8. The van der Waals surface area contributed by atoms with E-state index < -0.39 is 0 Å². The molecule has 0 radical (unpaired) electrons. The Balaban J connectivity index is 1.95. The van der Waals surface area contributed by atoms with Gasteiger partial charge < -0.3 is 10.2 Å². The molecule has 1 N–H and O–H groups in total. The van der Waals surface area contributed by atoms with Gasteiger partial charge in [0.2, 0.25) is 0 Å². The van der Waals surface area contributed by atoms with Crippen molar-refractivity contribution < 1.29 is 4.79 Å². The Morgan fingerprint density at radius 2 is 2.00 bits per heavy atom. The lowest BCUT2D eigenvalue weighted by atomic mass is 10.0. The van der Waals surface area contributed by atoms with Gasteiger partial charge in [-0.1, -0.05) is 30.7 Å². The minimum absolute atomic E-state index is 0.00232. The van der Waals surface area contributed by atoms with Crippen LogP contribution < -0.4 is 5.32 Å². The van der Waals surface area contributed by atoms with Crippen LogP contribution in [0.25, 0.3) is 0 Å². The predicted octanol–water partition coefficient (Wildman–Crippen LogP) is 3.54. The highest BCUT2D eigenvalue weighted by atomic mass is 32.1. The highest BCUT2D eigenvalue weighted by Crippen LogP contribution is 2.21. The number of nitrogens with zero attached hydrogens (tertiary/aromatic N) is 2. The highest BCUT2D eigenvalue weighted by molar-refractivity contribution is 7.13. The van der Waals surface area contributed by atoms with Crippen molar-refractivity contribution in [2.45, 2.75) is 40.5 Å². The summed E-state index contributed by atoms with van der Waals surface area (Å²) in [5.41, 5.74) is 4.80. The van der Waals surface area contributed by atoms with Crippen LogP contribution >= 0.6 is 11.3 Å². The third-order valence-corrected chi connectivity index (χ3v) is 5.69. The normalized spacial score (nSPS) is 11.1. The number of aryl methyl sites for hydroxylation is 5. The quantitative estimate of drug-likeness (QED) is 0.784. The molecule has 0 unspecified atom stereocenters. The molecule has 0 bridgehead atoms. The summed E-state index contributed by atoms with van der Waals surface area (Å²) in [6.07, 6.45) is 1.84. The second kappa shape index (κ2) is 9.11. The molecule has 25 heavy (non-hydrogen) atoms. The van der Waals surface area contributed by atoms with E-state index in [9.17, 15) is 4.79 Å². The number of aromatic nitrogens is 1. The molecule has 5 heteroatoms. The Morgan fingerprint density at radius 3 is 2.72 bits per heavy atom.